The van der Waals surface area contributed by atoms with Gasteiger partial charge in [0, 0.05) is 24.8 Å². The summed E-state index contributed by atoms with van der Waals surface area (Å²) in [5.74, 6) is 0.649. The summed E-state index contributed by atoms with van der Waals surface area (Å²) in [6, 6.07) is 8.33. The van der Waals surface area contributed by atoms with Gasteiger partial charge in [0.25, 0.3) is 0 Å². The summed E-state index contributed by atoms with van der Waals surface area (Å²) < 4.78 is 0. The molecule has 2 rings (SSSR count). The highest BCUT2D eigenvalue weighted by atomic mass is 16.2. The smallest absolute Gasteiger partial charge is 0.238 e. The van der Waals surface area contributed by atoms with Crippen molar-refractivity contribution in [1.82, 2.24) is 4.90 Å². The van der Waals surface area contributed by atoms with E-state index in [1.165, 1.54) is 12.8 Å². The number of nitrogens with one attached hydrogen (secondary N) is 1. The van der Waals surface area contributed by atoms with Crippen molar-refractivity contribution in [3.8, 4) is 0 Å². The van der Waals surface area contributed by atoms with Crippen LogP contribution in [0.5, 0.6) is 0 Å². The third kappa shape index (κ3) is 4.62. The average Bonchev–Trinajstić information content (AvgIpc) is 3.21. The second-order valence-corrected chi connectivity index (χ2v) is 6.01. The second kappa shape index (κ2) is 6.86. The Balaban J connectivity index is 1.89. The quantitative estimate of drug-likeness (QED) is 0.802. The molecule has 0 spiro atoms. The molecule has 0 atom stereocenters. The van der Waals surface area contributed by atoms with Crippen LogP contribution in [0.3, 0.4) is 0 Å². The lowest BCUT2D eigenvalue weighted by atomic mass is 10.2. The highest BCUT2D eigenvalue weighted by Gasteiger charge is 2.30. The number of nitrogens with zero attached hydrogens (tertiary/aromatic N) is 1. The number of anilines is 1. The van der Waals surface area contributed by atoms with E-state index < -0.39 is 0 Å². The third-order valence-corrected chi connectivity index (χ3v) is 3.46. The molecule has 1 amide bonds. The van der Waals surface area contributed by atoms with Crippen LogP contribution in [0.15, 0.2) is 24.3 Å². The fourth-order valence-electron chi connectivity index (χ4n) is 2.41. The minimum atomic E-state index is 0.0618. The minimum Gasteiger partial charge on any atom is -0.326 e. The van der Waals surface area contributed by atoms with Crippen LogP contribution in [0.2, 0.25) is 0 Å². The van der Waals surface area contributed by atoms with E-state index >= 15 is 0 Å². The van der Waals surface area contributed by atoms with E-state index in [0.717, 1.165) is 17.8 Å². The molecule has 110 valence electrons. The van der Waals surface area contributed by atoms with Gasteiger partial charge in [-0.3, -0.25) is 9.69 Å². The minimum absolute atomic E-state index is 0.0618. The maximum absolute atomic E-state index is 12.2. The fourth-order valence-corrected chi connectivity index (χ4v) is 2.41. The van der Waals surface area contributed by atoms with Crippen LogP contribution in [-0.2, 0) is 11.3 Å². The van der Waals surface area contributed by atoms with Crippen LogP contribution in [0, 0.1) is 5.92 Å². The van der Waals surface area contributed by atoms with E-state index in [-0.39, 0.29) is 5.91 Å². The van der Waals surface area contributed by atoms with E-state index in [2.05, 4.69) is 24.1 Å². The average molecular weight is 275 g/mol. The SMILES string of the molecule is CC(C)CN(CC(=O)Nc1cccc(CN)c1)C1CC1. The summed E-state index contributed by atoms with van der Waals surface area (Å²) >= 11 is 0. The van der Waals surface area contributed by atoms with Crippen LogP contribution in [0.4, 0.5) is 5.69 Å². The molecule has 0 radical (unpaired) electrons. The lowest BCUT2D eigenvalue weighted by Gasteiger charge is -2.23. The van der Waals surface area contributed by atoms with E-state index in [4.69, 9.17) is 5.73 Å². The monoisotopic (exact) mass is 275 g/mol. The Morgan fingerprint density at radius 3 is 2.80 bits per heavy atom. The molecular weight excluding hydrogens is 250 g/mol. The number of nitrogens with two attached hydrogens (primary N) is 1. The van der Waals surface area contributed by atoms with Gasteiger partial charge in [0.1, 0.15) is 0 Å². The number of hydrogen-bond acceptors (Lipinski definition) is 3. The molecule has 0 saturated heterocycles. The van der Waals surface area contributed by atoms with Crippen LogP contribution in [0.25, 0.3) is 0 Å². The Bertz CT molecular complexity index is 455. The van der Waals surface area contributed by atoms with Crippen LogP contribution in [-0.4, -0.2) is 29.9 Å². The maximum Gasteiger partial charge on any atom is 0.238 e. The number of amides is 1. The Morgan fingerprint density at radius 1 is 1.45 bits per heavy atom. The van der Waals surface area contributed by atoms with Crippen molar-refractivity contribution in [2.45, 2.75) is 39.3 Å². The van der Waals surface area contributed by atoms with Gasteiger partial charge in [-0.15, -0.1) is 0 Å². The Morgan fingerprint density at radius 2 is 2.20 bits per heavy atom. The van der Waals surface area contributed by atoms with Gasteiger partial charge >= 0.3 is 0 Å². The van der Waals surface area contributed by atoms with Crippen molar-refractivity contribution in [2.75, 3.05) is 18.4 Å². The molecule has 0 heterocycles. The highest BCUT2D eigenvalue weighted by Crippen LogP contribution is 2.27. The van der Waals surface area contributed by atoms with E-state index in [0.29, 0.717) is 25.0 Å². The van der Waals surface area contributed by atoms with E-state index in [1.54, 1.807) is 0 Å². The molecule has 0 aromatic heterocycles. The van der Waals surface area contributed by atoms with Gasteiger partial charge in [0.2, 0.25) is 5.91 Å². The highest BCUT2D eigenvalue weighted by molar-refractivity contribution is 5.92. The van der Waals surface area contributed by atoms with Crippen molar-refractivity contribution in [1.29, 1.82) is 0 Å². The van der Waals surface area contributed by atoms with Gasteiger partial charge in [-0.25, -0.2) is 0 Å². The summed E-state index contributed by atoms with van der Waals surface area (Å²) in [6.45, 7) is 6.35. The first-order chi connectivity index (χ1) is 9.58. The van der Waals surface area contributed by atoms with Crippen LogP contribution >= 0.6 is 0 Å². The Hall–Kier alpha value is -1.39. The van der Waals surface area contributed by atoms with Crippen molar-refractivity contribution in [2.24, 2.45) is 11.7 Å². The molecule has 20 heavy (non-hydrogen) atoms. The number of carbonyl (C=O) groups is 1. The molecule has 4 nitrogen and oxygen atoms in total. The molecule has 4 heteroatoms. The lowest BCUT2D eigenvalue weighted by molar-refractivity contribution is -0.117. The summed E-state index contributed by atoms with van der Waals surface area (Å²) in [4.78, 5) is 14.5. The fraction of sp³-hybridized carbons (Fsp3) is 0.562. The molecule has 0 bridgehead atoms. The van der Waals surface area contributed by atoms with Gasteiger partial charge < -0.3 is 11.1 Å². The first-order valence-corrected chi connectivity index (χ1v) is 7.41. The maximum atomic E-state index is 12.2. The summed E-state index contributed by atoms with van der Waals surface area (Å²) in [5.41, 5.74) is 7.48. The Kier molecular flexibility index (Phi) is 5.15. The topological polar surface area (TPSA) is 58.4 Å². The van der Waals surface area contributed by atoms with Crippen molar-refractivity contribution >= 4 is 11.6 Å². The number of benzene rings is 1. The molecule has 1 aromatic carbocycles. The summed E-state index contributed by atoms with van der Waals surface area (Å²) in [6.07, 6.45) is 2.45. The zero-order valence-electron chi connectivity index (χ0n) is 12.4. The third-order valence-electron chi connectivity index (χ3n) is 3.46. The van der Waals surface area contributed by atoms with Crippen molar-refractivity contribution in [3.05, 3.63) is 29.8 Å². The molecule has 1 fully saturated rings. The molecule has 3 N–H and O–H groups in total. The zero-order valence-corrected chi connectivity index (χ0v) is 12.4. The van der Waals surface area contributed by atoms with E-state index in [9.17, 15) is 4.79 Å². The van der Waals surface area contributed by atoms with Gasteiger partial charge in [-0.05, 0) is 36.5 Å². The van der Waals surface area contributed by atoms with Gasteiger partial charge in [-0.2, -0.15) is 0 Å². The van der Waals surface area contributed by atoms with Gasteiger partial charge in [-0.1, -0.05) is 26.0 Å². The number of hydrogen-bond donors (Lipinski definition) is 2. The summed E-state index contributed by atoms with van der Waals surface area (Å²) in [7, 11) is 0. The first-order valence-electron chi connectivity index (χ1n) is 7.41. The largest absolute Gasteiger partial charge is 0.326 e. The Labute approximate surface area is 121 Å². The zero-order chi connectivity index (χ0) is 14.5. The molecule has 1 aliphatic rings. The van der Waals surface area contributed by atoms with Crippen molar-refractivity contribution in [3.63, 3.8) is 0 Å². The molecule has 1 aliphatic carbocycles. The molecule has 1 saturated carbocycles. The first kappa shape index (κ1) is 15.0. The number of carbonyl (C=O) groups excluding carboxylic acids is 1. The van der Waals surface area contributed by atoms with Crippen molar-refractivity contribution < 1.29 is 4.79 Å². The molecular formula is C16H25N3O. The normalized spacial score (nSPS) is 14.8. The molecule has 0 unspecified atom stereocenters. The predicted molar refractivity (Wildman–Crippen MR) is 82.4 cm³/mol. The van der Waals surface area contributed by atoms with E-state index in [1.807, 2.05) is 24.3 Å². The predicted octanol–water partition coefficient (Wildman–Crippen LogP) is 2.20. The molecule has 0 aliphatic heterocycles. The molecule has 1 aromatic rings. The standard InChI is InChI=1S/C16H25N3O/c1-12(2)10-19(15-6-7-15)11-16(20)18-14-5-3-4-13(8-14)9-17/h3-5,8,12,15H,6-7,9-11,17H2,1-2H3,(H,18,20). The second-order valence-electron chi connectivity index (χ2n) is 6.01. The van der Waals surface area contributed by atoms with Gasteiger partial charge in [0.15, 0.2) is 0 Å². The van der Waals surface area contributed by atoms with Gasteiger partial charge in [0.05, 0.1) is 6.54 Å². The van der Waals surface area contributed by atoms with Crippen LogP contribution in [0.1, 0.15) is 32.3 Å². The lowest BCUT2D eigenvalue weighted by Crippen LogP contribution is -2.37. The summed E-state index contributed by atoms with van der Waals surface area (Å²) in [5, 5.41) is 2.97. The van der Waals surface area contributed by atoms with Crippen LogP contribution < -0.4 is 11.1 Å². The number of rotatable bonds is 7.